The maximum atomic E-state index is 13.4. The van der Waals surface area contributed by atoms with Crippen LogP contribution in [0.5, 0.6) is 5.75 Å². The standard InChI is InChI=1S/C38H63F3O6Si2/c1-9-48(10-2,11-3)46-32(28-44-31-21-19-20-30(26-31)38(39,40)41)24-25-34-33(22-17-15-16-18-23-37(43)45-29(7)8)35(42)27-36(34)47-49(12-4,13-5)14-6/h15,17,19-21,24-26,29,32-36,42H,9-14,16,18,22-23,27-28H2,1-8H3/b17-15+,25-24?/t32-,33-,34-,35+,36-/m1/s1. The highest BCUT2D eigenvalue weighted by Gasteiger charge is 2.45. The molecule has 1 aliphatic rings. The fraction of sp³-hybridized carbons (Fsp3) is 0.711. The summed E-state index contributed by atoms with van der Waals surface area (Å²) in [5.41, 5.74) is -0.751. The lowest BCUT2D eigenvalue weighted by Gasteiger charge is -2.35. The van der Waals surface area contributed by atoms with E-state index in [1.165, 1.54) is 12.1 Å². The van der Waals surface area contributed by atoms with Crippen LogP contribution in [-0.2, 0) is 24.6 Å². The third-order valence-electron chi connectivity index (χ3n) is 10.4. The first kappa shape index (κ1) is 43.2. The lowest BCUT2D eigenvalue weighted by atomic mass is 9.89. The topological polar surface area (TPSA) is 74.2 Å². The smallest absolute Gasteiger partial charge is 0.416 e. The number of unbranched alkanes of at least 4 members (excludes halogenated alkanes) is 1. The van der Waals surface area contributed by atoms with Gasteiger partial charge in [-0.3, -0.25) is 4.79 Å². The van der Waals surface area contributed by atoms with E-state index in [2.05, 4.69) is 59.8 Å². The summed E-state index contributed by atoms with van der Waals surface area (Å²) in [5, 5.41) is 11.4. The van der Waals surface area contributed by atoms with Gasteiger partial charge in [0.2, 0.25) is 0 Å². The second-order valence-electron chi connectivity index (χ2n) is 13.7. The number of hydrogen-bond donors (Lipinski definition) is 1. The Morgan fingerprint density at radius 2 is 1.61 bits per heavy atom. The van der Waals surface area contributed by atoms with E-state index in [1.54, 1.807) is 0 Å². The Morgan fingerprint density at radius 1 is 0.980 bits per heavy atom. The number of aliphatic hydroxyl groups is 1. The molecule has 6 nitrogen and oxygen atoms in total. The molecular weight excluding hydrogens is 666 g/mol. The molecule has 280 valence electrons. The summed E-state index contributed by atoms with van der Waals surface area (Å²) >= 11 is 0. The molecule has 2 rings (SSSR count). The molecule has 0 bridgehead atoms. The van der Waals surface area contributed by atoms with Crippen molar-refractivity contribution in [1.82, 2.24) is 0 Å². The van der Waals surface area contributed by atoms with Gasteiger partial charge in [-0.1, -0.05) is 71.9 Å². The number of halogens is 3. The van der Waals surface area contributed by atoms with Gasteiger partial charge in [0.05, 0.1) is 30.0 Å². The van der Waals surface area contributed by atoms with Gasteiger partial charge < -0.3 is 23.4 Å². The van der Waals surface area contributed by atoms with Crippen LogP contribution in [0.15, 0.2) is 48.6 Å². The van der Waals surface area contributed by atoms with Crippen LogP contribution in [0, 0.1) is 11.8 Å². The average Bonchev–Trinajstić information content (AvgIpc) is 3.37. The number of carbonyl (C=O) groups excluding carboxylic acids is 1. The zero-order chi connectivity index (χ0) is 36.7. The number of alkyl halides is 3. The molecule has 1 saturated carbocycles. The molecule has 0 aliphatic heterocycles. The van der Waals surface area contributed by atoms with E-state index in [4.69, 9.17) is 18.3 Å². The Hall–Kier alpha value is -1.93. The maximum absolute atomic E-state index is 13.4. The molecule has 0 aromatic heterocycles. The molecule has 0 amide bonds. The quantitative estimate of drug-likeness (QED) is 0.0555. The summed E-state index contributed by atoms with van der Waals surface area (Å²) in [7, 11) is -4.11. The number of aliphatic hydroxyl groups excluding tert-OH is 1. The molecule has 1 aromatic rings. The summed E-state index contributed by atoms with van der Waals surface area (Å²) < 4.78 is 65.3. The van der Waals surface area contributed by atoms with Gasteiger partial charge in [-0.15, -0.1) is 0 Å². The SMILES string of the molecule is CC[Si](CC)(CC)O[C@H](C=C[C@@H]1[C@@H](C/C=C/CCCC(=O)OC(C)C)[C@@H](O)C[C@H]1O[Si](CC)(CC)CC)COc1cccc(C(F)(F)F)c1. The predicted octanol–water partition coefficient (Wildman–Crippen LogP) is 10.5. The number of esters is 1. The van der Waals surface area contributed by atoms with E-state index in [-0.39, 0.29) is 42.4 Å². The van der Waals surface area contributed by atoms with Gasteiger partial charge in [0, 0.05) is 12.3 Å². The number of hydrogen-bond acceptors (Lipinski definition) is 6. The first-order valence-electron chi connectivity index (χ1n) is 18.6. The molecule has 1 N–H and O–H groups in total. The van der Waals surface area contributed by atoms with Crippen LogP contribution in [0.4, 0.5) is 13.2 Å². The molecule has 0 spiro atoms. The second-order valence-corrected chi connectivity index (χ2v) is 23.1. The fourth-order valence-electron chi connectivity index (χ4n) is 6.83. The fourth-order valence-corrected chi connectivity index (χ4v) is 12.5. The van der Waals surface area contributed by atoms with Crippen molar-refractivity contribution in [2.75, 3.05) is 6.61 Å². The minimum Gasteiger partial charge on any atom is -0.491 e. The van der Waals surface area contributed by atoms with E-state index in [9.17, 15) is 23.1 Å². The van der Waals surface area contributed by atoms with E-state index >= 15 is 0 Å². The minimum absolute atomic E-state index is 0.0715. The van der Waals surface area contributed by atoms with Gasteiger partial charge in [0.15, 0.2) is 16.6 Å². The summed E-state index contributed by atoms with van der Waals surface area (Å²) in [5.74, 6) is -0.185. The van der Waals surface area contributed by atoms with Gasteiger partial charge in [-0.05, 0) is 99.9 Å². The third-order valence-corrected chi connectivity index (χ3v) is 19.7. The van der Waals surface area contributed by atoms with Crippen LogP contribution in [0.2, 0.25) is 36.3 Å². The average molecular weight is 729 g/mol. The first-order valence-corrected chi connectivity index (χ1v) is 23.6. The largest absolute Gasteiger partial charge is 0.491 e. The van der Waals surface area contributed by atoms with Gasteiger partial charge >= 0.3 is 12.1 Å². The van der Waals surface area contributed by atoms with Crippen molar-refractivity contribution in [2.24, 2.45) is 11.8 Å². The van der Waals surface area contributed by atoms with Crippen molar-refractivity contribution in [3.63, 3.8) is 0 Å². The van der Waals surface area contributed by atoms with Crippen LogP contribution < -0.4 is 4.74 Å². The summed E-state index contributed by atoms with van der Waals surface area (Å²) in [6.45, 7) is 16.8. The Labute approximate surface area is 296 Å². The zero-order valence-electron chi connectivity index (χ0n) is 31.2. The molecule has 5 atom stereocenters. The molecule has 1 fully saturated rings. The molecule has 49 heavy (non-hydrogen) atoms. The number of benzene rings is 1. The Balaban J connectivity index is 2.36. The Bertz CT molecular complexity index is 1150. The highest BCUT2D eigenvalue weighted by Crippen LogP contribution is 2.41. The van der Waals surface area contributed by atoms with E-state index in [1.807, 2.05) is 19.9 Å². The normalized spacial score (nSPS) is 21.2. The lowest BCUT2D eigenvalue weighted by molar-refractivity contribution is -0.147. The lowest BCUT2D eigenvalue weighted by Crippen LogP contribution is -2.42. The Kier molecular flexibility index (Phi) is 18.4. The molecule has 0 unspecified atom stereocenters. The van der Waals surface area contributed by atoms with Gasteiger partial charge in [-0.25, -0.2) is 0 Å². The monoisotopic (exact) mass is 728 g/mol. The summed E-state index contributed by atoms with van der Waals surface area (Å²) in [6.07, 6.45) is 5.61. The van der Waals surface area contributed by atoms with Crippen LogP contribution in [-0.4, -0.2) is 58.7 Å². The highest BCUT2D eigenvalue weighted by atomic mass is 28.4. The summed E-state index contributed by atoms with van der Waals surface area (Å²) in [6, 6.07) is 10.7. The van der Waals surface area contributed by atoms with Crippen LogP contribution in [0.1, 0.15) is 93.1 Å². The minimum atomic E-state index is -4.46. The van der Waals surface area contributed by atoms with Crippen molar-refractivity contribution in [2.45, 2.75) is 154 Å². The molecule has 0 radical (unpaired) electrons. The number of carbonyl (C=O) groups is 1. The number of ether oxygens (including phenoxy) is 2. The molecular formula is C38H63F3O6Si2. The van der Waals surface area contributed by atoms with Crippen LogP contribution >= 0.6 is 0 Å². The summed E-state index contributed by atoms with van der Waals surface area (Å²) in [4.78, 5) is 11.9. The maximum Gasteiger partial charge on any atom is 0.416 e. The van der Waals surface area contributed by atoms with Gasteiger partial charge in [-0.2, -0.15) is 13.2 Å². The third kappa shape index (κ3) is 13.6. The van der Waals surface area contributed by atoms with Crippen LogP contribution in [0.25, 0.3) is 0 Å². The predicted molar refractivity (Wildman–Crippen MR) is 197 cm³/mol. The number of rotatable bonds is 22. The van der Waals surface area contributed by atoms with Crippen molar-refractivity contribution in [3.8, 4) is 5.75 Å². The zero-order valence-corrected chi connectivity index (χ0v) is 33.2. The molecule has 0 saturated heterocycles. The van der Waals surface area contributed by atoms with Crippen molar-refractivity contribution in [3.05, 3.63) is 54.1 Å². The van der Waals surface area contributed by atoms with E-state index in [0.29, 0.717) is 25.7 Å². The Morgan fingerprint density at radius 3 is 2.18 bits per heavy atom. The second kappa shape index (κ2) is 20.8. The van der Waals surface area contributed by atoms with Gasteiger partial charge in [0.1, 0.15) is 12.4 Å². The van der Waals surface area contributed by atoms with Crippen molar-refractivity contribution >= 4 is 22.6 Å². The highest BCUT2D eigenvalue weighted by molar-refractivity contribution is 6.74. The van der Waals surface area contributed by atoms with Crippen LogP contribution in [0.3, 0.4) is 0 Å². The molecule has 1 aromatic carbocycles. The van der Waals surface area contributed by atoms with Gasteiger partial charge in [0.25, 0.3) is 0 Å². The first-order chi connectivity index (χ1) is 23.2. The van der Waals surface area contributed by atoms with E-state index < -0.39 is 40.6 Å². The molecule has 0 heterocycles. The molecule has 11 heteroatoms. The molecule has 1 aliphatic carbocycles. The van der Waals surface area contributed by atoms with Crippen molar-refractivity contribution in [1.29, 1.82) is 0 Å². The van der Waals surface area contributed by atoms with E-state index in [0.717, 1.165) is 54.8 Å². The number of allylic oxidation sites excluding steroid dienone is 2. The van der Waals surface area contributed by atoms with Crippen molar-refractivity contribution < 1.29 is 41.4 Å².